The molecule has 3 N–H and O–H groups in total. The topological polar surface area (TPSA) is 153 Å². The van der Waals surface area contributed by atoms with Crippen molar-refractivity contribution in [1.82, 2.24) is 35.2 Å². The number of thiazole rings is 1. The summed E-state index contributed by atoms with van der Waals surface area (Å²) in [6.45, 7) is 11.6. The van der Waals surface area contributed by atoms with Crippen molar-refractivity contribution in [3.63, 3.8) is 0 Å². The van der Waals surface area contributed by atoms with Crippen LogP contribution in [0.15, 0.2) is 90.7 Å². The first-order valence-electron chi connectivity index (χ1n) is 19.8. The number of nitrogens with one attached hydrogen (secondary N) is 1. The Morgan fingerprint density at radius 2 is 1.67 bits per heavy atom. The van der Waals surface area contributed by atoms with Crippen molar-refractivity contribution in [1.29, 1.82) is 0 Å². The maximum Gasteiger partial charge on any atom is 0.248 e. The number of carbonyl (C=O) groups excluding carboxylic acids is 2. The fourth-order valence-corrected chi connectivity index (χ4v) is 9.67. The molecule has 3 aliphatic heterocycles. The monoisotopic (exact) mass is 797 g/mol. The van der Waals surface area contributed by atoms with Gasteiger partial charge in [-0.25, -0.2) is 4.98 Å². The van der Waals surface area contributed by atoms with Crippen molar-refractivity contribution < 1.29 is 19.8 Å². The third kappa shape index (κ3) is 6.93. The number of nitrogens with zero attached hydrogens (tertiary/aromatic N) is 8. The lowest BCUT2D eigenvalue weighted by Crippen LogP contribution is -2.72. The Morgan fingerprint density at radius 3 is 2.38 bits per heavy atom. The molecular weight excluding hydrogens is 751 g/mol. The summed E-state index contributed by atoms with van der Waals surface area (Å²) in [5.74, 6) is -0.428. The van der Waals surface area contributed by atoms with Gasteiger partial charge in [-0.05, 0) is 67.3 Å². The molecule has 0 bridgehead atoms. The lowest BCUT2D eigenvalue weighted by Gasteiger charge is -2.61. The number of phenols is 1. The minimum atomic E-state index is -0.790. The van der Waals surface area contributed by atoms with Crippen LogP contribution in [0.25, 0.3) is 32.6 Å². The first-order valence-corrected chi connectivity index (χ1v) is 20.7. The van der Waals surface area contributed by atoms with Gasteiger partial charge in [0.2, 0.25) is 11.8 Å². The largest absolute Gasteiger partial charge is 0.507 e. The molecule has 0 aliphatic carbocycles. The Hall–Kier alpha value is -5.86. The minimum Gasteiger partial charge on any atom is -0.507 e. The van der Waals surface area contributed by atoms with Crippen LogP contribution in [0, 0.1) is 18.3 Å². The molecule has 0 saturated carbocycles. The molecule has 3 saturated heterocycles. The number of carbonyl (C=O) groups is 2. The number of aliphatic hydroxyl groups excluding tert-OH is 1. The van der Waals surface area contributed by atoms with Crippen molar-refractivity contribution in [3.8, 4) is 27.4 Å². The first kappa shape index (κ1) is 37.7. The molecule has 3 aromatic carbocycles. The van der Waals surface area contributed by atoms with Crippen LogP contribution in [0.3, 0.4) is 0 Å². The molecule has 2 amide bonds. The number of aliphatic hydroxyl groups is 1. The van der Waals surface area contributed by atoms with E-state index in [1.807, 2.05) is 94.1 Å². The van der Waals surface area contributed by atoms with E-state index in [1.54, 1.807) is 33.1 Å². The van der Waals surface area contributed by atoms with Gasteiger partial charge in [-0.3, -0.25) is 14.3 Å². The molecule has 298 valence electrons. The maximum atomic E-state index is 14.3. The second kappa shape index (κ2) is 14.8. The SMILES string of the molecule is Cc1ncsc1-c1ccc(C(C)NC(=O)[C@H]2C[C@H](O)CN2C(=O)C(C(C)C)n2cc(N3CC4(CN(c5ccc6nnc(-c7ccccc7O)cc6c5)C4)C3)cn2)cc1. The average Bonchev–Trinajstić information content (AvgIpc) is 3.94. The predicted octanol–water partition coefficient (Wildman–Crippen LogP) is 5.99. The predicted molar refractivity (Wildman–Crippen MR) is 225 cm³/mol. The summed E-state index contributed by atoms with van der Waals surface area (Å²) in [6, 6.07) is 21.7. The lowest BCUT2D eigenvalue weighted by molar-refractivity contribution is -0.142. The van der Waals surface area contributed by atoms with Crippen LogP contribution in [-0.4, -0.2) is 96.8 Å². The second-order valence-corrected chi connectivity index (χ2v) is 17.4. The molecule has 13 nitrogen and oxygen atoms in total. The first-order chi connectivity index (χ1) is 27.9. The molecule has 3 aromatic heterocycles. The van der Waals surface area contributed by atoms with Crippen molar-refractivity contribution >= 4 is 45.4 Å². The smallest absolute Gasteiger partial charge is 0.248 e. The molecule has 3 fully saturated rings. The highest BCUT2D eigenvalue weighted by molar-refractivity contribution is 7.13. The van der Waals surface area contributed by atoms with E-state index >= 15 is 0 Å². The number of aromatic hydroxyl groups is 1. The van der Waals surface area contributed by atoms with E-state index in [9.17, 15) is 19.8 Å². The van der Waals surface area contributed by atoms with Crippen LogP contribution in [0.2, 0.25) is 0 Å². The Morgan fingerprint density at radius 1 is 0.931 bits per heavy atom. The minimum absolute atomic E-state index is 0.0963. The van der Waals surface area contributed by atoms with Crippen molar-refractivity contribution in [2.75, 3.05) is 42.5 Å². The van der Waals surface area contributed by atoms with Gasteiger partial charge < -0.3 is 30.2 Å². The quantitative estimate of drug-likeness (QED) is 0.151. The van der Waals surface area contributed by atoms with E-state index in [-0.39, 0.29) is 47.9 Å². The van der Waals surface area contributed by atoms with Gasteiger partial charge in [0.25, 0.3) is 0 Å². The number of aromatic nitrogens is 5. The number of rotatable bonds is 10. The number of para-hydroxylation sites is 1. The summed E-state index contributed by atoms with van der Waals surface area (Å²) in [7, 11) is 0. The summed E-state index contributed by atoms with van der Waals surface area (Å²) >= 11 is 1.60. The van der Waals surface area contributed by atoms with Gasteiger partial charge in [0.05, 0.1) is 51.3 Å². The zero-order valence-corrected chi connectivity index (χ0v) is 33.8. The van der Waals surface area contributed by atoms with Gasteiger partial charge in [-0.15, -0.1) is 21.5 Å². The summed E-state index contributed by atoms with van der Waals surface area (Å²) < 4.78 is 1.73. The number of fused-ring (bicyclic) bond motifs is 1. The number of likely N-dealkylation sites (tertiary alicyclic amines) is 1. The average molecular weight is 798 g/mol. The molecule has 6 aromatic rings. The molecule has 2 unspecified atom stereocenters. The number of benzene rings is 3. The van der Waals surface area contributed by atoms with Crippen LogP contribution in [0.4, 0.5) is 11.4 Å². The van der Waals surface area contributed by atoms with Gasteiger partial charge in [-0.2, -0.15) is 5.10 Å². The third-order valence-corrected chi connectivity index (χ3v) is 13.0. The van der Waals surface area contributed by atoms with Crippen molar-refractivity contribution in [2.45, 2.75) is 58.3 Å². The normalized spacial score (nSPS) is 19.7. The summed E-state index contributed by atoms with van der Waals surface area (Å²) in [5, 5.41) is 38.6. The van der Waals surface area contributed by atoms with Crippen molar-refractivity contribution in [2.24, 2.45) is 11.3 Å². The number of anilines is 2. The number of phenolic OH excluding ortho intramolecular Hbond substituents is 1. The summed E-state index contributed by atoms with van der Waals surface area (Å²) in [4.78, 5) is 39.7. The molecular formula is C44H47N9O4S. The highest BCUT2D eigenvalue weighted by Gasteiger charge is 2.52. The van der Waals surface area contributed by atoms with E-state index in [0.29, 0.717) is 11.3 Å². The molecule has 3 aliphatic rings. The number of hydrogen-bond acceptors (Lipinski definition) is 11. The summed E-state index contributed by atoms with van der Waals surface area (Å²) in [6.07, 6.45) is 3.16. The molecule has 6 heterocycles. The zero-order valence-electron chi connectivity index (χ0n) is 33.0. The summed E-state index contributed by atoms with van der Waals surface area (Å²) in [5.41, 5.74) is 9.21. The van der Waals surface area contributed by atoms with E-state index in [1.165, 1.54) is 0 Å². The Kier molecular flexibility index (Phi) is 9.63. The number of aryl methyl sites for hydroxylation is 1. The fraction of sp³-hybridized carbons (Fsp3) is 0.364. The molecule has 1 spiro atoms. The molecule has 0 radical (unpaired) electrons. The second-order valence-electron chi connectivity index (χ2n) is 16.6. The van der Waals surface area contributed by atoms with Gasteiger partial charge in [0.15, 0.2) is 0 Å². The van der Waals surface area contributed by atoms with Crippen LogP contribution < -0.4 is 15.1 Å². The number of β-amino-alcohol motifs (C(OH)–C–C–N with tert-alkyl or cyclic N) is 1. The van der Waals surface area contributed by atoms with Crippen LogP contribution in [0.5, 0.6) is 5.75 Å². The molecule has 58 heavy (non-hydrogen) atoms. The highest BCUT2D eigenvalue weighted by atomic mass is 32.1. The van der Waals surface area contributed by atoms with Crippen LogP contribution in [0.1, 0.15) is 50.5 Å². The zero-order chi connectivity index (χ0) is 40.3. The van der Waals surface area contributed by atoms with Crippen LogP contribution >= 0.6 is 11.3 Å². The molecule has 4 atom stereocenters. The number of hydrogen-bond donors (Lipinski definition) is 3. The molecule has 9 rings (SSSR count). The number of amides is 2. The van der Waals surface area contributed by atoms with E-state index < -0.39 is 18.2 Å². The standard InChI is InChI=1S/C44H47N9O4S/c1-26(2)40(43(57)52-20-34(54)17-38(52)42(56)47-27(3)29-9-11-30(12-10-29)41-28(4)45-25-58-41)53-19-33(18-46-53)51-23-44(24-51)21-50(22-44)32-13-14-36-31(15-32)16-37(49-48-36)35-7-5-6-8-39(35)55/h5-16,18-19,25-27,34,38,40,54-55H,17,20-24H2,1-4H3,(H,47,56)/t27?,34-,38+,40?/m0/s1. The fourth-order valence-electron chi connectivity index (χ4n) is 8.86. The van der Waals surface area contributed by atoms with Crippen LogP contribution in [-0.2, 0) is 9.59 Å². The van der Waals surface area contributed by atoms with E-state index in [4.69, 9.17) is 0 Å². The highest BCUT2D eigenvalue weighted by Crippen LogP contribution is 2.44. The van der Waals surface area contributed by atoms with E-state index in [0.717, 1.165) is 70.2 Å². The molecule has 14 heteroatoms. The van der Waals surface area contributed by atoms with Gasteiger partial charge in [0, 0.05) is 67.4 Å². The van der Waals surface area contributed by atoms with Gasteiger partial charge in [0.1, 0.15) is 17.8 Å². The maximum absolute atomic E-state index is 14.3. The Bertz CT molecular complexity index is 2490. The Labute approximate surface area is 341 Å². The van der Waals surface area contributed by atoms with Gasteiger partial charge in [-0.1, -0.05) is 50.2 Å². The van der Waals surface area contributed by atoms with E-state index in [2.05, 4.69) is 47.5 Å². The van der Waals surface area contributed by atoms with Crippen molar-refractivity contribution in [3.05, 3.63) is 102 Å². The Balaban J connectivity index is 0.825. The third-order valence-electron chi connectivity index (χ3n) is 12.0. The van der Waals surface area contributed by atoms with Gasteiger partial charge >= 0.3 is 0 Å². The lowest BCUT2D eigenvalue weighted by atomic mass is 9.72.